The van der Waals surface area contributed by atoms with Crippen LogP contribution in [0.15, 0.2) is 189 Å². The molecule has 0 saturated carbocycles. The third-order valence-corrected chi connectivity index (χ3v) is 21.3. The molecule has 1 spiro atoms. The number of hydrogen-bond acceptors (Lipinski definition) is 2. The summed E-state index contributed by atoms with van der Waals surface area (Å²) in [4.78, 5) is 35.5. The monoisotopic (exact) mass is 812 g/mol. The Morgan fingerprint density at radius 2 is 0.900 bits per heavy atom. The minimum absolute atomic E-state index is 0.0449. The summed E-state index contributed by atoms with van der Waals surface area (Å²) in [5, 5.41) is 0. The zero-order valence-corrected chi connectivity index (χ0v) is 36.0. The molecule has 60 heavy (non-hydrogen) atoms. The number of ketones is 2. The summed E-state index contributed by atoms with van der Waals surface area (Å²) in [6.07, 6.45) is 11.8. The van der Waals surface area contributed by atoms with Gasteiger partial charge in [-0.15, -0.1) is 0 Å². The van der Waals surface area contributed by atoms with Gasteiger partial charge in [-0.25, -0.2) is 9.16 Å². The highest BCUT2D eigenvalue weighted by Crippen LogP contribution is 2.81. The summed E-state index contributed by atoms with van der Waals surface area (Å²) >= 11 is 0. The van der Waals surface area contributed by atoms with E-state index in [1.807, 2.05) is 30.3 Å². The van der Waals surface area contributed by atoms with Gasteiger partial charge in [-0.3, -0.25) is 9.59 Å². The molecule has 0 N–H and O–H groups in total. The number of benzene rings is 8. The molecule has 0 amide bonds. The number of hydrogen-bond donors (Lipinski definition) is 1. The first-order valence-electron chi connectivity index (χ1n) is 20.7. The maximum Gasteiger partial charge on any atom is 0.194 e. The standard InChI is InChI=1S/C56H44O2S2/c1-59(2)50-26-12-8-18-40(50)42-20-14-22-44(54(42)59)52(57)34-28-30-38-36-16-6-10-24-46(36)56(48(38)32-34)47-25-11-7-17-37(47)39-31-29-35(33-49(39)56)53(58)45-23-15-21-43-41-19-9-13-27-51(41)60(3,4,5)55(43)45/h6-33,60H,1-5H3. The van der Waals surface area contributed by atoms with Gasteiger partial charge >= 0.3 is 0 Å². The first kappa shape index (κ1) is 35.7. The smallest absolute Gasteiger partial charge is 0.194 e. The van der Waals surface area contributed by atoms with Gasteiger partial charge in [0.05, 0.1) is 5.41 Å². The van der Waals surface area contributed by atoms with Gasteiger partial charge in [-0.05, 0) is 138 Å². The van der Waals surface area contributed by atoms with E-state index in [9.17, 15) is 0 Å². The lowest BCUT2D eigenvalue weighted by molar-refractivity contribution is 0.102. The SMILES string of the molecule is CS1(C)c2ccccc2-c2cccc(C(=O)c3ccc4c(c3)C3(c5ccccc5-4)c4ccccc4-c4ccc(C(=O)c5cccc6c5[SH](C)(C)(C)c5ccccc5-6)cc43)c21. The molecule has 1 atom stereocenters. The maximum absolute atomic E-state index is 15.3. The van der Waals surface area contributed by atoms with Crippen LogP contribution in [0.25, 0.3) is 44.5 Å². The maximum atomic E-state index is 15.3. The molecule has 8 aromatic carbocycles. The first-order chi connectivity index (χ1) is 28.9. The third-order valence-electron chi connectivity index (χ3n) is 14.2. The number of rotatable bonds is 4. The number of thiol groups is 1. The fraction of sp³-hybridized carbons (Fsp3) is 0.107. The van der Waals surface area contributed by atoms with E-state index in [-0.39, 0.29) is 11.6 Å². The van der Waals surface area contributed by atoms with Crippen LogP contribution in [-0.2, 0) is 5.41 Å². The topological polar surface area (TPSA) is 34.1 Å². The van der Waals surface area contributed by atoms with Crippen molar-refractivity contribution in [2.75, 3.05) is 31.3 Å². The highest BCUT2D eigenvalue weighted by molar-refractivity contribution is 8.48. The molecule has 0 radical (unpaired) electrons. The predicted octanol–water partition coefficient (Wildman–Crippen LogP) is 13.3. The van der Waals surface area contributed by atoms with E-state index in [1.165, 1.54) is 53.0 Å². The molecule has 0 saturated heterocycles. The molecule has 8 aromatic rings. The second kappa shape index (κ2) is 11.8. The quantitative estimate of drug-likeness (QED) is 0.142. The Kier molecular flexibility index (Phi) is 7.00. The van der Waals surface area contributed by atoms with E-state index in [0.717, 1.165) is 44.5 Å². The number of carbonyl (C=O) groups excluding carboxylic acids is 2. The highest BCUT2D eigenvalue weighted by Gasteiger charge is 2.52. The van der Waals surface area contributed by atoms with E-state index in [1.54, 1.807) is 0 Å². The molecule has 0 fully saturated rings. The van der Waals surface area contributed by atoms with Crippen LogP contribution < -0.4 is 0 Å². The summed E-state index contributed by atoms with van der Waals surface area (Å²) in [6.45, 7) is 0. The number of fused-ring (bicyclic) bond motifs is 16. The van der Waals surface area contributed by atoms with E-state index in [0.29, 0.717) is 11.1 Å². The van der Waals surface area contributed by atoms with E-state index in [2.05, 4.69) is 171 Å². The Morgan fingerprint density at radius 1 is 0.433 bits per heavy atom. The molecule has 2 aliphatic carbocycles. The molecule has 292 valence electrons. The van der Waals surface area contributed by atoms with Gasteiger partial charge in [0.2, 0.25) is 0 Å². The number of carbonyl (C=O) groups is 2. The zero-order valence-electron chi connectivity index (χ0n) is 34.3. The zero-order chi connectivity index (χ0) is 40.9. The summed E-state index contributed by atoms with van der Waals surface area (Å²) in [6, 6.07) is 60.1. The normalized spacial score (nSPS) is 19.3. The van der Waals surface area contributed by atoms with Crippen molar-refractivity contribution in [3.63, 3.8) is 0 Å². The Labute approximate surface area is 353 Å². The summed E-state index contributed by atoms with van der Waals surface area (Å²) in [7, 11) is -4.08. The van der Waals surface area contributed by atoms with Crippen LogP contribution in [0.2, 0.25) is 0 Å². The Balaban J connectivity index is 1.06. The summed E-state index contributed by atoms with van der Waals surface area (Å²) < 4.78 is 0. The van der Waals surface area contributed by atoms with Crippen LogP contribution in [0.5, 0.6) is 0 Å². The van der Waals surface area contributed by atoms with Gasteiger partial charge in [-0.1, -0.05) is 140 Å². The van der Waals surface area contributed by atoms with Gasteiger partial charge in [0, 0.05) is 32.0 Å². The van der Waals surface area contributed by atoms with Crippen LogP contribution in [-0.4, -0.2) is 42.8 Å². The summed E-state index contributed by atoms with van der Waals surface area (Å²) in [5.74, 6) is 0.0936. The second-order valence-corrected chi connectivity index (χ2v) is 28.6. The van der Waals surface area contributed by atoms with E-state index < -0.39 is 24.6 Å². The molecule has 4 aliphatic rings. The molecular weight excluding hydrogens is 769 g/mol. The summed E-state index contributed by atoms with van der Waals surface area (Å²) in [5.41, 5.74) is 16.1. The predicted molar refractivity (Wildman–Crippen MR) is 253 cm³/mol. The lowest BCUT2D eigenvalue weighted by Gasteiger charge is -2.50. The van der Waals surface area contributed by atoms with Crippen molar-refractivity contribution in [3.05, 3.63) is 214 Å². The molecule has 2 nitrogen and oxygen atoms in total. The molecule has 2 heterocycles. The average molecular weight is 813 g/mol. The van der Waals surface area contributed by atoms with Crippen LogP contribution in [0.3, 0.4) is 0 Å². The van der Waals surface area contributed by atoms with Crippen molar-refractivity contribution in [2.24, 2.45) is 0 Å². The van der Waals surface area contributed by atoms with Crippen molar-refractivity contribution >= 4 is 30.8 Å². The van der Waals surface area contributed by atoms with Crippen LogP contribution in [0.1, 0.15) is 54.1 Å². The molecule has 4 heteroatoms. The van der Waals surface area contributed by atoms with Crippen molar-refractivity contribution in [1.29, 1.82) is 0 Å². The average Bonchev–Trinajstić information content (AvgIpc) is 3.89. The second-order valence-electron chi connectivity index (χ2n) is 18.5. The van der Waals surface area contributed by atoms with Crippen molar-refractivity contribution in [2.45, 2.75) is 25.0 Å². The minimum atomic E-state index is -2.66. The van der Waals surface area contributed by atoms with Gasteiger partial charge in [0.25, 0.3) is 0 Å². The van der Waals surface area contributed by atoms with Gasteiger partial charge in [0.15, 0.2) is 11.6 Å². The van der Waals surface area contributed by atoms with Crippen molar-refractivity contribution in [3.8, 4) is 44.5 Å². The minimum Gasteiger partial charge on any atom is -0.289 e. The van der Waals surface area contributed by atoms with Crippen LogP contribution in [0.4, 0.5) is 0 Å². The first-order valence-corrected chi connectivity index (χ1v) is 26.7. The molecule has 12 rings (SSSR count). The Bertz CT molecular complexity index is 3270. The Hall–Kier alpha value is -6.20. The lowest BCUT2D eigenvalue weighted by atomic mass is 9.70. The Morgan fingerprint density at radius 3 is 1.53 bits per heavy atom. The molecule has 0 bridgehead atoms. The van der Waals surface area contributed by atoms with Crippen LogP contribution in [0, 0.1) is 0 Å². The van der Waals surface area contributed by atoms with Gasteiger partial charge < -0.3 is 0 Å². The lowest BCUT2D eigenvalue weighted by Crippen LogP contribution is -2.26. The molecule has 0 aromatic heterocycles. The molecule has 1 unspecified atom stereocenters. The highest BCUT2D eigenvalue weighted by atomic mass is 32.3. The van der Waals surface area contributed by atoms with Gasteiger partial charge in [0.1, 0.15) is 0 Å². The largest absolute Gasteiger partial charge is 0.289 e. The van der Waals surface area contributed by atoms with Gasteiger partial charge in [-0.2, -0.15) is 10.0 Å². The fourth-order valence-electron chi connectivity index (χ4n) is 11.7. The van der Waals surface area contributed by atoms with Crippen molar-refractivity contribution in [1.82, 2.24) is 0 Å². The van der Waals surface area contributed by atoms with Crippen molar-refractivity contribution < 1.29 is 9.59 Å². The molecular formula is C56H44O2S2. The third kappa shape index (κ3) is 4.33. The van der Waals surface area contributed by atoms with E-state index >= 15 is 9.59 Å². The van der Waals surface area contributed by atoms with E-state index in [4.69, 9.17) is 0 Å². The van der Waals surface area contributed by atoms with Crippen LogP contribution >= 0.6 is 19.2 Å². The fourth-order valence-corrected chi connectivity index (χ4v) is 18.5. The molecule has 2 aliphatic heterocycles.